The number of benzene rings is 2. The lowest BCUT2D eigenvalue weighted by Crippen LogP contribution is -2.37. The molecule has 1 atom stereocenters. The van der Waals surface area contributed by atoms with Crippen LogP contribution >= 0.6 is 11.6 Å². The Hall–Kier alpha value is -2.40. The molecule has 2 aromatic rings. The molecule has 1 amide bonds. The molecule has 0 saturated heterocycles. The summed E-state index contributed by atoms with van der Waals surface area (Å²) in [7, 11) is 3.19. The van der Waals surface area contributed by atoms with E-state index in [9.17, 15) is 4.79 Å². The molecular formula is C19H22ClNO4. The zero-order valence-electron chi connectivity index (χ0n) is 14.5. The van der Waals surface area contributed by atoms with Gasteiger partial charge in [-0.15, -0.1) is 0 Å². The normalized spacial score (nSPS) is 11.5. The first-order valence-electron chi connectivity index (χ1n) is 7.95. The van der Waals surface area contributed by atoms with Crippen molar-refractivity contribution in [3.05, 3.63) is 53.1 Å². The van der Waals surface area contributed by atoms with Crippen LogP contribution in [0.4, 0.5) is 0 Å². The fraction of sp³-hybridized carbons (Fsp3) is 0.316. The quantitative estimate of drug-likeness (QED) is 0.780. The number of halogens is 1. The lowest BCUT2D eigenvalue weighted by molar-refractivity contribution is -0.127. The second-order valence-electron chi connectivity index (χ2n) is 5.42. The van der Waals surface area contributed by atoms with Crippen LogP contribution in [0.1, 0.15) is 12.5 Å². The lowest BCUT2D eigenvalue weighted by Gasteiger charge is -2.15. The first kappa shape index (κ1) is 18.9. The van der Waals surface area contributed by atoms with E-state index in [1.807, 2.05) is 30.3 Å². The van der Waals surface area contributed by atoms with E-state index in [1.165, 1.54) is 0 Å². The Bertz CT molecular complexity index is 720. The SMILES string of the molecule is COc1ccc(CCNC(=O)C(C)Oc2ccccc2Cl)cc1OC. The molecule has 0 fully saturated rings. The van der Waals surface area contributed by atoms with Crippen LogP contribution in [0.3, 0.4) is 0 Å². The molecule has 2 rings (SSSR count). The van der Waals surface area contributed by atoms with Crippen molar-refractivity contribution in [3.63, 3.8) is 0 Å². The first-order chi connectivity index (χ1) is 12.0. The smallest absolute Gasteiger partial charge is 0.260 e. The minimum atomic E-state index is -0.634. The molecule has 0 heterocycles. The highest BCUT2D eigenvalue weighted by Gasteiger charge is 2.15. The van der Waals surface area contributed by atoms with Gasteiger partial charge in [-0.1, -0.05) is 29.8 Å². The minimum absolute atomic E-state index is 0.194. The Labute approximate surface area is 152 Å². The van der Waals surface area contributed by atoms with Gasteiger partial charge < -0.3 is 19.5 Å². The van der Waals surface area contributed by atoms with Gasteiger partial charge in [0.15, 0.2) is 17.6 Å². The first-order valence-corrected chi connectivity index (χ1v) is 8.32. The fourth-order valence-corrected chi connectivity index (χ4v) is 2.47. The molecule has 0 aliphatic carbocycles. The number of para-hydroxylation sites is 1. The largest absolute Gasteiger partial charge is 0.493 e. The molecule has 0 aliphatic heterocycles. The van der Waals surface area contributed by atoms with Gasteiger partial charge in [0.05, 0.1) is 19.2 Å². The molecule has 134 valence electrons. The number of hydrogen-bond acceptors (Lipinski definition) is 4. The topological polar surface area (TPSA) is 56.8 Å². The highest BCUT2D eigenvalue weighted by atomic mass is 35.5. The van der Waals surface area contributed by atoms with Crippen molar-refractivity contribution in [3.8, 4) is 17.2 Å². The summed E-state index contributed by atoms with van der Waals surface area (Å²) in [6.45, 7) is 2.18. The summed E-state index contributed by atoms with van der Waals surface area (Å²) in [6, 6.07) is 12.8. The van der Waals surface area contributed by atoms with Gasteiger partial charge in [-0.25, -0.2) is 0 Å². The van der Waals surface area contributed by atoms with Crippen LogP contribution in [-0.2, 0) is 11.2 Å². The number of amides is 1. The summed E-state index contributed by atoms with van der Waals surface area (Å²) in [6.07, 6.45) is 0.0376. The third kappa shape index (κ3) is 5.29. The van der Waals surface area contributed by atoms with Crippen molar-refractivity contribution in [2.45, 2.75) is 19.4 Å². The van der Waals surface area contributed by atoms with Gasteiger partial charge in [-0.3, -0.25) is 4.79 Å². The third-order valence-electron chi connectivity index (χ3n) is 3.67. The minimum Gasteiger partial charge on any atom is -0.493 e. The molecule has 0 spiro atoms. The van der Waals surface area contributed by atoms with Gasteiger partial charge in [-0.05, 0) is 43.2 Å². The molecule has 0 radical (unpaired) electrons. The van der Waals surface area contributed by atoms with Crippen molar-refractivity contribution in [2.75, 3.05) is 20.8 Å². The molecule has 25 heavy (non-hydrogen) atoms. The molecule has 0 aliphatic rings. The van der Waals surface area contributed by atoms with E-state index < -0.39 is 6.10 Å². The Morgan fingerprint density at radius 3 is 2.48 bits per heavy atom. The predicted molar refractivity (Wildman–Crippen MR) is 97.8 cm³/mol. The number of methoxy groups -OCH3 is 2. The van der Waals surface area contributed by atoms with Crippen LogP contribution in [0.5, 0.6) is 17.2 Å². The summed E-state index contributed by atoms with van der Waals surface area (Å²) >= 11 is 6.03. The lowest BCUT2D eigenvalue weighted by atomic mass is 10.1. The van der Waals surface area contributed by atoms with Crippen LogP contribution in [-0.4, -0.2) is 32.8 Å². The van der Waals surface area contributed by atoms with Crippen molar-refractivity contribution in [1.29, 1.82) is 0 Å². The second kappa shape index (κ2) is 9.18. The molecule has 0 aromatic heterocycles. The van der Waals surface area contributed by atoms with Crippen LogP contribution in [0.25, 0.3) is 0 Å². The Balaban J connectivity index is 1.84. The molecule has 0 bridgehead atoms. The van der Waals surface area contributed by atoms with Gasteiger partial charge in [0.25, 0.3) is 5.91 Å². The molecule has 1 N–H and O–H groups in total. The van der Waals surface area contributed by atoms with E-state index in [2.05, 4.69) is 5.32 Å². The van der Waals surface area contributed by atoms with Crippen molar-refractivity contribution < 1.29 is 19.0 Å². The molecule has 1 unspecified atom stereocenters. The molecule has 2 aromatic carbocycles. The zero-order chi connectivity index (χ0) is 18.2. The highest BCUT2D eigenvalue weighted by molar-refractivity contribution is 6.32. The van der Waals surface area contributed by atoms with Gasteiger partial charge >= 0.3 is 0 Å². The van der Waals surface area contributed by atoms with Crippen LogP contribution in [0.15, 0.2) is 42.5 Å². The van der Waals surface area contributed by atoms with Gasteiger partial charge in [0, 0.05) is 6.54 Å². The van der Waals surface area contributed by atoms with E-state index in [-0.39, 0.29) is 5.91 Å². The zero-order valence-corrected chi connectivity index (χ0v) is 15.3. The van der Waals surface area contributed by atoms with Gasteiger partial charge in [0.2, 0.25) is 0 Å². The van der Waals surface area contributed by atoms with Gasteiger partial charge in [-0.2, -0.15) is 0 Å². The predicted octanol–water partition coefficient (Wildman–Crippen LogP) is 3.48. The number of nitrogens with one attached hydrogen (secondary N) is 1. The summed E-state index contributed by atoms with van der Waals surface area (Å²) in [5.74, 6) is 1.64. The fourth-order valence-electron chi connectivity index (χ4n) is 2.29. The Morgan fingerprint density at radius 2 is 1.80 bits per heavy atom. The van der Waals surface area contributed by atoms with Crippen LogP contribution in [0.2, 0.25) is 5.02 Å². The average molecular weight is 364 g/mol. The Morgan fingerprint density at radius 1 is 1.08 bits per heavy atom. The highest BCUT2D eigenvalue weighted by Crippen LogP contribution is 2.27. The van der Waals surface area contributed by atoms with Crippen molar-refractivity contribution in [2.24, 2.45) is 0 Å². The van der Waals surface area contributed by atoms with Crippen molar-refractivity contribution in [1.82, 2.24) is 5.32 Å². The molecular weight excluding hydrogens is 342 g/mol. The third-order valence-corrected chi connectivity index (χ3v) is 3.98. The van der Waals surface area contributed by atoms with Crippen molar-refractivity contribution >= 4 is 17.5 Å². The number of hydrogen-bond donors (Lipinski definition) is 1. The second-order valence-corrected chi connectivity index (χ2v) is 5.83. The van der Waals surface area contributed by atoms with E-state index >= 15 is 0 Å². The standard InChI is InChI=1S/C19H22ClNO4/c1-13(25-16-7-5-4-6-15(16)20)19(22)21-11-10-14-8-9-17(23-2)18(12-14)24-3/h4-9,12-13H,10-11H2,1-3H3,(H,21,22). The monoisotopic (exact) mass is 363 g/mol. The number of ether oxygens (including phenoxy) is 3. The van der Waals surface area contributed by atoms with E-state index in [0.29, 0.717) is 35.2 Å². The van der Waals surface area contributed by atoms with E-state index in [4.69, 9.17) is 25.8 Å². The van der Waals surface area contributed by atoms with E-state index in [1.54, 1.807) is 33.3 Å². The summed E-state index contributed by atoms with van der Waals surface area (Å²) in [5, 5.41) is 3.34. The molecule has 0 saturated carbocycles. The maximum Gasteiger partial charge on any atom is 0.260 e. The number of carbonyl (C=O) groups excluding carboxylic acids is 1. The number of carbonyl (C=O) groups is 1. The Kier molecular flexibility index (Phi) is 6.95. The van der Waals surface area contributed by atoms with Crippen LogP contribution in [0, 0.1) is 0 Å². The number of rotatable bonds is 8. The van der Waals surface area contributed by atoms with Crippen LogP contribution < -0.4 is 19.5 Å². The molecule has 5 nitrogen and oxygen atoms in total. The maximum atomic E-state index is 12.1. The summed E-state index contributed by atoms with van der Waals surface area (Å²) in [5.41, 5.74) is 1.04. The average Bonchev–Trinajstić information content (AvgIpc) is 2.63. The summed E-state index contributed by atoms with van der Waals surface area (Å²) in [4.78, 5) is 12.1. The molecule has 6 heteroatoms. The summed E-state index contributed by atoms with van der Waals surface area (Å²) < 4.78 is 16.1. The van der Waals surface area contributed by atoms with E-state index in [0.717, 1.165) is 5.56 Å². The maximum absolute atomic E-state index is 12.1. The van der Waals surface area contributed by atoms with Gasteiger partial charge in [0.1, 0.15) is 5.75 Å².